The van der Waals surface area contributed by atoms with Crippen molar-refractivity contribution < 1.29 is 4.74 Å². The van der Waals surface area contributed by atoms with E-state index < -0.39 is 0 Å². The minimum absolute atomic E-state index is 0.450. The van der Waals surface area contributed by atoms with Crippen LogP contribution in [-0.2, 0) is 4.74 Å². The Labute approximate surface area is 89.2 Å². The van der Waals surface area contributed by atoms with Gasteiger partial charge in [-0.25, -0.2) is 0 Å². The van der Waals surface area contributed by atoms with Crippen LogP contribution >= 0.6 is 23.2 Å². The first-order valence-electron chi connectivity index (χ1n) is 4.60. The Kier molecular flexibility index (Phi) is 5.80. The maximum absolute atomic E-state index is 5.70. The molecule has 1 aliphatic rings. The van der Waals surface area contributed by atoms with Gasteiger partial charge in [-0.1, -0.05) is 23.2 Å². The minimum Gasteiger partial charge on any atom is -0.378 e. The van der Waals surface area contributed by atoms with Crippen molar-refractivity contribution in [1.29, 1.82) is 0 Å². The average Bonchev–Trinajstić information content (AvgIpc) is 2.64. The molecule has 0 aromatic rings. The first kappa shape index (κ1) is 11.3. The minimum atomic E-state index is 0.450. The van der Waals surface area contributed by atoms with Crippen molar-refractivity contribution in [2.75, 3.05) is 19.7 Å². The van der Waals surface area contributed by atoms with Gasteiger partial charge in [-0.2, -0.15) is 0 Å². The maximum Gasteiger partial charge on any atom is 0.0588 e. The van der Waals surface area contributed by atoms with Gasteiger partial charge in [-0.3, -0.25) is 0 Å². The zero-order valence-electron chi connectivity index (χ0n) is 7.56. The van der Waals surface area contributed by atoms with E-state index in [2.05, 4.69) is 5.32 Å². The van der Waals surface area contributed by atoms with Crippen LogP contribution in [0.5, 0.6) is 0 Å². The van der Waals surface area contributed by atoms with E-state index in [4.69, 9.17) is 27.9 Å². The van der Waals surface area contributed by atoms with E-state index in [0.29, 0.717) is 17.7 Å². The third kappa shape index (κ3) is 4.87. The van der Waals surface area contributed by atoms with Crippen LogP contribution in [0.25, 0.3) is 0 Å². The number of nitrogens with one attached hydrogen (secondary N) is 1. The zero-order chi connectivity index (χ0) is 9.52. The van der Waals surface area contributed by atoms with Crippen LogP contribution in [0.1, 0.15) is 19.3 Å². The van der Waals surface area contributed by atoms with Gasteiger partial charge in [-0.15, -0.1) is 0 Å². The van der Waals surface area contributed by atoms with E-state index in [9.17, 15) is 0 Å². The van der Waals surface area contributed by atoms with E-state index in [1.807, 2.05) is 0 Å². The van der Waals surface area contributed by atoms with Gasteiger partial charge in [0.15, 0.2) is 0 Å². The summed E-state index contributed by atoms with van der Waals surface area (Å²) < 4.78 is 5.47. The van der Waals surface area contributed by atoms with Crippen molar-refractivity contribution in [2.45, 2.75) is 25.4 Å². The molecule has 1 saturated heterocycles. The number of hydrogen-bond acceptors (Lipinski definition) is 2. The van der Waals surface area contributed by atoms with Crippen LogP contribution in [0.3, 0.4) is 0 Å². The molecule has 1 unspecified atom stereocenters. The lowest BCUT2D eigenvalue weighted by atomic mass is 10.2. The van der Waals surface area contributed by atoms with Crippen LogP contribution in [0, 0.1) is 0 Å². The molecule has 0 bridgehead atoms. The lowest BCUT2D eigenvalue weighted by Gasteiger charge is -2.09. The van der Waals surface area contributed by atoms with E-state index >= 15 is 0 Å². The second-order valence-electron chi connectivity index (χ2n) is 3.16. The summed E-state index contributed by atoms with van der Waals surface area (Å²) in [4.78, 5) is 0. The molecular formula is C9H15Cl2NO. The molecule has 1 fully saturated rings. The van der Waals surface area contributed by atoms with Gasteiger partial charge in [0.2, 0.25) is 0 Å². The smallest absolute Gasteiger partial charge is 0.0588 e. The highest BCUT2D eigenvalue weighted by atomic mass is 35.5. The second-order valence-corrected chi connectivity index (χ2v) is 3.86. The molecule has 13 heavy (non-hydrogen) atoms. The summed E-state index contributed by atoms with van der Waals surface area (Å²) in [7, 11) is 0. The van der Waals surface area contributed by atoms with Crippen LogP contribution < -0.4 is 5.32 Å². The molecule has 0 aromatic heterocycles. The van der Waals surface area contributed by atoms with Gasteiger partial charge in [0, 0.05) is 23.7 Å². The Hall–Kier alpha value is 0.240. The molecule has 4 heteroatoms. The quantitative estimate of drug-likeness (QED) is 0.724. The summed E-state index contributed by atoms with van der Waals surface area (Å²) in [5, 5.41) is 3.85. The summed E-state index contributed by atoms with van der Waals surface area (Å²) in [6.45, 7) is 2.51. The molecule has 1 atom stereocenters. The Balaban J connectivity index is 1.94. The van der Waals surface area contributed by atoms with Crippen molar-refractivity contribution in [3.8, 4) is 0 Å². The SMILES string of the molecule is ClC=C(Cl)CNCCC1CCCO1. The molecule has 0 aliphatic carbocycles. The van der Waals surface area contributed by atoms with Gasteiger partial charge < -0.3 is 10.1 Å². The lowest BCUT2D eigenvalue weighted by Crippen LogP contribution is -2.21. The predicted octanol–water partition coefficient (Wildman–Crippen LogP) is 2.46. The number of rotatable bonds is 5. The second kappa shape index (κ2) is 6.66. The summed E-state index contributed by atoms with van der Waals surface area (Å²) in [6, 6.07) is 0. The van der Waals surface area contributed by atoms with Gasteiger partial charge in [0.25, 0.3) is 0 Å². The number of hydrogen-bond donors (Lipinski definition) is 1. The highest BCUT2D eigenvalue weighted by Gasteiger charge is 2.14. The first-order chi connectivity index (χ1) is 6.33. The van der Waals surface area contributed by atoms with E-state index in [0.717, 1.165) is 19.6 Å². The van der Waals surface area contributed by atoms with Gasteiger partial charge in [0.05, 0.1) is 6.10 Å². The number of ether oxygens (including phenoxy) is 1. The molecule has 76 valence electrons. The topological polar surface area (TPSA) is 21.3 Å². The Morgan fingerprint density at radius 3 is 3.08 bits per heavy atom. The van der Waals surface area contributed by atoms with Gasteiger partial charge in [-0.05, 0) is 25.8 Å². The molecule has 1 heterocycles. The standard InChI is InChI=1S/C9H15Cl2NO/c10-6-8(11)7-12-4-3-9-2-1-5-13-9/h6,9,12H,1-5,7H2. The highest BCUT2D eigenvalue weighted by molar-refractivity contribution is 6.36. The summed E-state index contributed by atoms with van der Waals surface area (Å²) in [5.74, 6) is 0. The lowest BCUT2D eigenvalue weighted by molar-refractivity contribution is 0.104. The Bertz CT molecular complexity index is 167. The van der Waals surface area contributed by atoms with E-state index in [1.165, 1.54) is 18.4 Å². The van der Waals surface area contributed by atoms with Crippen molar-refractivity contribution in [2.24, 2.45) is 0 Å². The molecular weight excluding hydrogens is 209 g/mol. The average molecular weight is 224 g/mol. The van der Waals surface area contributed by atoms with Gasteiger partial charge >= 0.3 is 0 Å². The van der Waals surface area contributed by atoms with Crippen LogP contribution in [-0.4, -0.2) is 25.8 Å². The fraction of sp³-hybridized carbons (Fsp3) is 0.778. The summed E-state index contributed by atoms with van der Waals surface area (Å²) in [6.07, 6.45) is 3.91. The molecule has 1 aliphatic heterocycles. The molecule has 2 nitrogen and oxygen atoms in total. The Morgan fingerprint density at radius 1 is 1.62 bits per heavy atom. The van der Waals surface area contributed by atoms with Gasteiger partial charge in [0.1, 0.15) is 0 Å². The first-order valence-corrected chi connectivity index (χ1v) is 5.41. The van der Waals surface area contributed by atoms with Crippen LogP contribution in [0.2, 0.25) is 0 Å². The fourth-order valence-electron chi connectivity index (χ4n) is 1.38. The van der Waals surface area contributed by atoms with E-state index in [-0.39, 0.29) is 0 Å². The molecule has 1 N–H and O–H groups in total. The Morgan fingerprint density at radius 2 is 2.46 bits per heavy atom. The summed E-state index contributed by atoms with van der Waals surface area (Å²) in [5.41, 5.74) is 1.39. The van der Waals surface area contributed by atoms with Crippen molar-refractivity contribution in [3.05, 3.63) is 10.6 Å². The highest BCUT2D eigenvalue weighted by Crippen LogP contribution is 2.14. The predicted molar refractivity (Wildman–Crippen MR) is 56.2 cm³/mol. The molecule has 1 rings (SSSR count). The van der Waals surface area contributed by atoms with Crippen LogP contribution in [0.4, 0.5) is 0 Å². The monoisotopic (exact) mass is 223 g/mol. The maximum atomic E-state index is 5.70. The summed E-state index contributed by atoms with van der Waals surface area (Å²) >= 11 is 11.1. The van der Waals surface area contributed by atoms with E-state index in [1.54, 1.807) is 0 Å². The normalized spacial score (nSPS) is 23.8. The largest absolute Gasteiger partial charge is 0.378 e. The molecule has 0 spiro atoms. The fourth-order valence-corrected chi connectivity index (χ4v) is 1.55. The third-order valence-corrected chi connectivity index (χ3v) is 2.70. The number of halogens is 2. The molecule has 0 radical (unpaired) electrons. The molecule has 0 saturated carbocycles. The zero-order valence-corrected chi connectivity index (χ0v) is 9.07. The van der Waals surface area contributed by atoms with Crippen molar-refractivity contribution in [3.63, 3.8) is 0 Å². The van der Waals surface area contributed by atoms with Crippen molar-refractivity contribution >= 4 is 23.2 Å². The van der Waals surface area contributed by atoms with Crippen LogP contribution in [0.15, 0.2) is 10.6 Å². The molecule has 0 amide bonds. The van der Waals surface area contributed by atoms with Crippen molar-refractivity contribution in [1.82, 2.24) is 5.32 Å². The molecule has 0 aromatic carbocycles. The third-order valence-electron chi connectivity index (χ3n) is 2.08.